The van der Waals surface area contributed by atoms with Gasteiger partial charge < -0.3 is 5.32 Å². The highest BCUT2D eigenvalue weighted by atomic mass is 127. The van der Waals surface area contributed by atoms with Crippen molar-refractivity contribution >= 4 is 40.0 Å². The van der Waals surface area contributed by atoms with Crippen molar-refractivity contribution in [3.05, 3.63) is 16.1 Å². The minimum Gasteiger partial charge on any atom is -0.367 e. The summed E-state index contributed by atoms with van der Waals surface area (Å²) in [5.41, 5.74) is 0. The number of hydrogen-bond donors (Lipinski definition) is 1. The first-order valence-corrected chi connectivity index (χ1v) is 5.97. The predicted molar refractivity (Wildman–Crippen MR) is 67.8 cm³/mol. The van der Waals surface area contributed by atoms with Crippen molar-refractivity contribution in [2.45, 2.75) is 31.7 Å². The van der Waals surface area contributed by atoms with E-state index in [9.17, 15) is 0 Å². The van der Waals surface area contributed by atoms with Crippen LogP contribution in [0, 0.1) is 3.57 Å². The Balaban J connectivity index is 2.56. The topological polar surface area (TPSA) is 37.8 Å². The molecule has 0 aliphatic heterocycles. The van der Waals surface area contributed by atoms with E-state index < -0.39 is 0 Å². The smallest absolute Gasteiger partial charge is 0.143 e. The zero-order chi connectivity index (χ0) is 10.6. The lowest BCUT2D eigenvalue weighted by atomic mass is 10.2. The highest BCUT2D eigenvalue weighted by molar-refractivity contribution is 14.1. The van der Waals surface area contributed by atoms with Crippen LogP contribution < -0.4 is 5.32 Å². The molecule has 0 radical (unpaired) electrons. The van der Waals surface area contributed by atoms with Gasteiger partial charge in [0.15, 0.2) is 0 Å². The summed E-state index contributed by atoms with van der Waals surface area (Å²) < 4.78 is 1.03. The number of alkyl halides is 1. The van der Waals surface area contributed by atoms with Crippen LogP contribution >= 0.6 is 34.2 Å². The van der Waals surface area contributed by atoms with Crippen LogP contribution in [-0.4, -0.2) is 21.4 Å². The first-order valence-electron chi connectivity index (χ1n) is 4.45. The molecule has 1 aromatic rings. The molecule has 2 atom stereocenters. The summed E-state index contributed by atoms with van der Waals surface area (Å²) in [7, 11) is 0. The SMILES string of the molecule is CC(Cl)CC(C)Nc1ncncc1I. The van der Waals surface area contributed by atoms with Crippen molar-refractivity contribution in [1.29, 1.82) is 0 Å². The molecular weight excluding hydrogens is 312 g/mol. The van der Waals surface area contributed by atoms with E-state index in [-0.39, 0.29) is 5.38 Å². The van der Waals surface area contributed by atoms with Gasteiger partial charge in [0.25, 0.3) is 0 Å². The van der Waals surface area contributed by atoms with E-state index >= 15 is 0 Å². The number of anilines is 1. The van der Waals surface area contributed by atoms with Crippen molar-refractivity contribution in [2.75, 3.05) is 5.32 Å². The summed E-state index contributed by atoms with van der Waals surface area (Å²) >= 11 is 8.11. The molecule has 0 bridgehead atoms. The van der Waals surface area contributed by atoms with Gasteiger partial charge in [-0.3, -0.25) is 0 Å². The van der Waals surface area contributed by atoms with Gasteiger partial charge in [0.05, 0.1) is 3.57 Å². The van der Waals surface area contributed by atoms with Gasteiger partial charge in [-0.15, -0.1) is 11.6 Å². The summed E-state index contributed by atoms with van der Waals surface area (Å²) in [6.07, 6.45) is 4.25. The molecule has 0 saturated carbocycles. The predicted octanol–water partition coefficient (Wildman–Crippen LogP) is 2.90. The van der Waals surface area contributed by atoms with Crippen LogP contribution in [0.25, 0.3) is 0 Å². The first kappa shape index (κ1) is 12.0. The average molecular weight is 326 g/mol. The zero-order valence-electron chi connectivity index (χ0n) is 8.17. The number of hydrogen-bond acceptors (Lipinski definition) is 3. The fraction of sp³-hybridized carbons (Fsp3) is 0.556. The molecule has 0 aromatic carbocycles. The van der Waals surface area contributed by atoms with Crippen LogP contribution in [0.3, 0.4) is 0 Å². The molecule has 1 heterocycles. The molecule has 0 saturated heterocycles. The number of aromatic nitrogens is 2. The Morgan fingerprint density at radius 3 is 2.86 bits per heavy atom. The van der Waals surface area contributed by atoms with Crippen molar-refractivity contribution in [1.82, 2.24) is 9.97 Å². The Bertz CT molecular complexity index is 293. The van der Waals surface area contributed by atoms with Gasteiger partial charge in [-0.2, -0.15) is 0 Å². The summed E-state index contributed by atoms with van der Waals surface area (Å²) in [6, 6.07) is 0.325. The van der Waals surface area contributed by atoms with Crippen molar-refractivity contribution in [2.24, 2.45) is 0 Å². The summed E-state index contributed by atoms with van der Waals surface area (Å²) in [4.78, 5) is 8.08. The van der Waals surface area contributed by atoms with Gasteiger partial charge >= 0.3 is 0 Å². The summed E-state index contributed by atoms with van der Waals surface area (Å²) in [5.74, 6) is 0.880. The Kier molecular flexibility index (Phi) is 4.88. The normalized spacial score (nSPS) is 14.9. The van der Waals surface area contributed by atoms with E-state index in [1.165, 1.54) is 0 Å². The van der Waals surface area contributed by atoms with Crippen molar-refractivity contribution < 1.29 is 0 Å². The summed E-state index contributed by atoms with van der Waals surface area (Å²) in [5, 5.41) is 3.48. The van der Waals surface area contributed by atoms with Gasteiger partial charge in [-0.05, 0) is 42.9 Å². The number of nitrogens with one attached hydrogen (secondary N) is 1. The highest BCUT2D eigenvalue weighted by Crippen LogP contribution is 2.15. The lowest BCUT2D eigenvalue weighted by molar-refractivity contribution is 0.692. The maximum absolute atomic E-state index is 5.90. The molecule has 0 aliphatic rings. The largest absolute Gasteiger partial charge is 0.367 e. The molecule has 3 nitrogen and oxygen atoms in total. The fourth-order valence-corrected chi connectivity index (χ4v) is 1.92. The molecule has 14 heavy (non-hydrogen) atoms. The maximum atomic E-state index is 5.90. The van der Waals surface area contributed by atoms with Crippen LogP contribution in [0.5, 0.6) is 0 Å². The highest BCUT2D eigenvalue weighted by Gasteiger charge is 2.08. The van der Waals surface area contributed by atoms with E-state index in [1.807, 2.05) is 6.92 Å². The third-order valence-corrected chi connectivity index (χ3v) is 2.70. The minimum atomic E-state index is 0.178. The Labute approximate surface area is 103 Å². The Hall–Kier alpha value is -0.100. The third-order valence-electron chi connectivity index (χ3n) is 1.73. The molecule has 5 heteroatoms. The van der Waals surface area contributed by atoms with E-state index in [0.717, 1.165) is 15.8 Å². The molecular formula is C9H13ClIN3. The van der Waals surface area contributed by atoms with Crippen LogP contribution in [0.2, 0.25) is 0 Å². The van der Waals surface area contributed by atoms with Gasteiger partial charge in [0.1, 0.15) is 12.1 Å². The molecule has 0 aliphatic carbocycles. The Morgan fingerprint density at radius 2 is 2.29 bits per heavy atom. The second-order valence-corrected chi connectivity index (χ2v) is 5.19. The van der Waals surface area contributed by atoms with Crippen LogP contribution in [0.1, 0.15) is 20.3 Å². The lowest BCUT2D eigenvalue weighted by Gasteiger charge is -2.15. The van der Waals surface area contributed by atoms with Gasteiger partial charge in [-0.25, -0.2) is 9.97 Å². The number of halogens is 2. The maximum Gasteiger partial charge on any atom is 0.143 e. The second kappa shape index (κ2) is 5.70. The zero-order valence-corrected chi connectivity index (χ0v) is 11.1. The third kappa shape index (κ3) is 3.96. The molecule has 0 spiro atoms. The van der Waals surface area contributed by atoms with E-state index in [2.05, 4.69) is 44.8 Å². The summed E-state index contributed by atoms with van der Waals surface area (Å²) in [6.45, 7) is 4.09. The molecule has 1 N–H and O–H groups in total. The standard InChI is InChI=1S/C9H13ClIN3/c1-6(10)3-7(2)14-9-8(11)4-12-5-13-9/h4-7H,3H2,1-2H3,(H,12,13,14). The van der Waals surface area contributed by atoms with Gasteiger partial charge in [-0.1, -0.05) is 0 Å². The van der Waals surface area contributed by atoms with Crippen LogP contribution in [0.4, 0.5) is 5.82 Å². The molecule has 2 unspecified atom stereocenters. The van der Waals surface area contributed by atoms with Crippen LogP contribution in [-0.2, 0) is 0 Å². The van der Waals surface area contributed by atoms with E-state index in [0.29, 0.717) is 6.04 Å². The molecule has 78 valence electrons. The van der Waals surface area contributed by atoms with Crippen LogP contribution in [0.15, 0.2) is 12.5 Å². The van der Waals surface area contributed by atoms with Crippen molar-refractivity contribution in [3.63, 3.8) is 0 Å². The fourth-order valence-electron chi connectivity index (χ4n) is 1.20. The van der Waals surface area contributed by atoms with E-state index in [1.54, 1.807) is 12.5 Å². The molecule has 1 aromatic heterocycles. The molecule has 0 amide bonds. The lowest BCUT2D eigenvalue weighted by Crippen LogP contribution is -2.19. The first-order chi connectivity index (χ1) is 6.59. The van der Waals surface area contributed by atoms with Gasteiger partial charge in [0.2, 0.25) is 0 Å². The van der Waals surface area contributed by atoms with Crippen molar-refractivity contribution in [3.8, 4) is 0 Å². The number of nitrogens with zero attached hydrogens (tertiary/aromatic N) is 2. The Morgan fingerprint density at radius 1 is 1.57 bits per heavy atom. The number of rotatable bonds is 4. The molecule has 1 rings (SSSR count). The molecule has 0 fully saturated rings. The van der Waals surface area contributed by atoms with Gasteiger partial charge in [0, 0.05) is 17.6 Å². The van der Waals surface area contributed by atoms with E-state index in [4.69, 9.17) is 11.6 Å². The quantitative estimate of drug-likeness (QED) is 0.683. The minimum absolute atomic E-state index is 0.178. The average Bonchev–Trinajstić information content (AvgIpc) is 2.07. The monoisotopic (exact) mass is 325 g/mol. The second-order valence-electron chi connectivity index (χ2n) is 3.28.